The van der Waals surface area contributed by atoms with Crippen molar-refractivity contribution in [1.82, 2.24) is 4.98 Å². The van der Waals surface area contributed by atoms with E-state index in [0.717, 1.165) is 33.1 Å². The largest absolute Gasteiger partial charge is 0.376 e. The molecule has 0 fully saturated rings. The predicted molar refractivity (Wildman–Crippen MR) is 105 cm³/mol. The lowest BCUT2D eigenvalue weighted by Crippen LogP contribution is -2.21. The normalized spacial score (nSPS) is 10.5. The van der Waals surface area contributed by atoms with Gasteiger partial charge in [-0.1, -0.05) is 41.9 Å². The summed E-state index contributed by atoms with van der Waals surface area (Å²) in [6.45, 7) is 2.18. The number of thiazole rings is 1. The van der Waals surface area contributed by atoms with E-state index in [1.807, 2.05) is 49.4 Å². The number of hydrogen-bond donors (Lipinski definition) is 2. The molecule has 1 heterocycles. The number of aryl methyl sites for hydroxylation is 1. The number of amides is 1. The van der Waals surface area contributed by atoms with Crippen molar-refractivity contribution < 1.29 is 4.79 Å². The number of hydrogen-bond acceptors (Lipinski definition) is 4. The van der Waals surface area contributed by atoms with Gasteiger partial charge < -0.3 is 10.6 Å². The molecular weight excluding hydrogens is 354 g/mol. The third-order valence-electron chi connectivity index (χ3n) is 3.64. The van der Waals surface area contributed by atoms with Gasteiger partial charge in [-0.2, -0.15) is 0 Å². The van der Waals surface area contributed by atoms with Crippen molar-refractivity contribution in [3.8, 4) is 0 Å². The fourth-order valence-electron chi connectivity index (χ4n) is 2.30. The second kappa shape index (κ2) is 8.14. The molecular formula is C19H18ClN3OS. The van der Waals surface area contributed by atoms with E-state index >= 15 is 0 Å². The zero-order valence-electron chi connectivity index (χ0n) is 13.8. The van der Waals surface area contributed by atoms with Gasteiger partial charge in [0, 0.05) is 28.2 Å². The summed E-state index contributed by atoms with van der Waals surface area (Å²) in [6, 6.07) is 15.7. The lowest BCUT2D eigenvalue weighted by Gasteiger charge is -2.05. The van der Waals surface area contributed by atoms with Crippen LogP contribution in [0.15, 0.2) is 54.7 Å². The average Bonchev–Trinajstić information content (AvgIpc) is 3.04. The fourth-order valence-corrected chi connectivity index (χ4v) is 3.36. The molecule has 0 unspecified atom stereocenters. The summed E-state index contributed by atoms with van der Waals surface area (Å²) in [6.07, 6.45) is 2.54. The van der Waals surface area contributed by atoms with E-state index in [-0.39, 0.29) is 12.5 Å². The molecule has 0 atom stereocenters. The molecule has 0 aliphatic carbocycles. The molecule has 25 heavy (non-hydrogen) atoms. The zero-order chi connectivity index (χ0) is 17.6. The maximum atomic E-state index is 12.0. The molecule has 0 spiro atoms. The van der Waals surface area contributed by atoms with E-state index in [0.29, 0.717) is 5.13 Å². The van der Waals surface area contributed by atoms with E-state index in [1.165, 1.54) is 11.3 Å². The van der Waals surface area contributed by atoms with Gasteiger partial charge in [0.15, 0.2) is 5.13 Å². The maximum Gasteiger partial charge on any atom is 0.245 e. The van der Waals surface area contributed by atoms with Crippen LogP contribution in [0.5, 0.6) is 0 Å². The summed E-state index contributed by atoms with van der Waals surface area (Å²) < 4.78 is 0. The smallest absolute Gasteiger partial charge is 0.245 e. The molecule has 0 saturated carbocycles. The number of nitrogens with zero attached hydrogens (tertiary/aromatic N) is 1. The SMILES string of the molecule is Cc1ccc(Cc2cnc(NC(=O)CNc3ccccc3)s2)cc1Cl. The van der Waals surface area contributed by atoms with E-state index < -0.39 is 0 Å². The van der Waals surface area contributed by atoms with Crippen molar-refractivity contribution in [2.75, 3.05) is 17.2 Å². The summed E-state index contributed by atoms with van der Waals surface area (Å²) in [4.78, 5) is 17.4. The first-order valence-electron chi connectivity index (χ1n) is 7.88. The van der Waals surface area contributed by atoms with Crippen LogP contribution in [0.2, 0.25) is 5.02 Å². The van der Waals surface area contributed by atoms with Crippen LogP contribution in [0, 0.1) is 6.92 Å². The van der Waals surface area contributed by atoms with Gasteiger partial charge in [0.25, 0.3) is 0 Å². The lowest BCUT2D eigenvalue weighted by molar-refractivity contribution is -0.114. The zero-order valence-corrected chi connectivity index (χ0v) is 15.3. The number of carbonyl (C=O) groups excluding carboxylic acids is 1. The van der Waals surface area contributed by atoms with Gasteiger partial charge >= 0.3 is 0 Å². The highest BCUT2D eigenvalue weighted by Gasteiger charge is 2.08. The Morgan fingerprint density at radius 1 is 1.20 bits per heavy atom. The van der Waals surface area contributed by atoms with Crippen molar-refractivity contribution >= 4 is 39.7 Å². The van der Waals surface area contributed by atoms with Gasteiger partial charge in [-0.05, 0) is 36.2 Å². The maximum absolute atomic E-state index is 12.0. The van der Waals surface area contributed by atoms with Crippen molar-refractivity contribution in [3.05, 3.63) is 75.8 Å². The summed E-state index contributed by atoms with van der Waals surface area (Å²) in [5.74, 6) is -0.122. The first-order valence-corrected chi connectivity index (χ1v) is 9.08. The van der Waals surface area contributed by atoms with Crippen molar-refractivity contribution in [1.29, 1.82) is 0 Å². The highest BCUT2D eigenvalue weighted by atomic mass is 35.5. The first kappa shape index (κ1) is 17.5. The Balaban J connectivity index is 1.54. The molecule has 3 aromatic rings. The quantitative estimate of drug-likeness (QED) is 0.657. The number of halogens is 1. The van der Waals surface area contributed by atoms with Crippen molar-refractivity contribution in [3.63, 3.8) is 0 Å². The number of rotatable bonds is 6. The molecule has 1 aromatic heterocycles. The van der Waals surface area contributed by atoms with Gasteiger partial charge in [0.1, 0.15) is 0 Å². The molecule has 2 N–H and O–H groups in total. The van der Waals surface area contributed by atoms with Gasteiger partial charge in [0.2, 0.25) is 5.91 Å². The molecule has 3 rings (SSSR count). The lowest BCUT2D eigenvalue weighted by atomic mass is 10.1. The first-order chi connectivity index (χ1) is 12.1. The highest BCUT2D eigenvalue weighted by Crippen LogP contribution is 2.23. The molecule has 4 nitrogen and oxygen atoms in total. The average molecular weight is 372 g/mol. The third-order valence-corrected chi connectivity index (χ3v) is 4.96. The molecule has 2 aromatic carbocycles. The minimum atomic E-state index is -0.122. The van der Waals surface area contributed by atoms with E-state index in [9.17, 15) is 4.79 Å². The van der Waals surface area contributed by atoms with Crippen molar-refractivity contribution in [2.45, 2.75) is 13.3 Å². The van der Waals surface area contributed by atoms with Gasteiger partial charge in [-0.15, -0.1) is 11.3 Å². The third kappa shape index (κ3) is 5.05. The van der Waals surface area contributed by atoms with Crippen LogP contribution in [0.1, 0.15) is 16.0 Å². The van der Waals surface area contributed by atoms with Gasteiger partial charge in [-0.3, -0.25) is 4.79 Å². The van der Waals surface area contributed by atoms with Crippen LogP contribution >= 0.6 is 22.9 Å². The monoisotopic (exact) mass is 371 g/mol. The Kier molecular flexibility index (Phi) is 5.68. The number of anilines is 2. The summed E-state index contributed by atoms with van der Waals surface area (Å²) in [7, 11) is 0. The predicted octanol–water partition coefficient (Wildman–Crippen LogP) is 4.75. The molecule has 0 radical (unpaired) electrons. The topological polar surface area (TPSA) is 54.0 Å². The number of para-hydroxylation sites is 1. The number of aromatic nitrogens is 1. The molecule has 128 valence electrons. The van der Waals surface area contributed by atoms with E-state index in [2.05, 4.69) is 21.7 Å². The minimum Gasteiger partial charge on any atom is -0.376 e. The number of carbonyl (C=O) groups is 1. The Morgan fingerprint density at radius 2 is 2.00 bits per heavy atom. The second-order valence-electron chi connectivity index (χ2n) is 5.66. The van der Waals surface area contributed by atoms with Gasteiger partial charge in [0.05, 0.1) is 6.54 Å². The molecule has 6 heteroatoms. The van der Waals surface area contributed by atoms with Crippen LogP contribution in [0.3, 0.4) is 0 Å². The van der Waals surface area contributed by atoms with Crippen LogP contribution in [0.4, 0.5) is 10.8 Å². The molecule has 1 amide bonds. The molecule has 0 aliphatic heterocycles. The summed E-state index contributed by atoms with van der Waals surface area (Å²) in [5, 5.41) is 7.26. The molecule has 0 saturated heterocycles. The highest BCUT2D eigenvalue weighted by molar-refractivity contribution is 7.15. The second-order valence-corrected chi connectivity index (χ2v) is 7.18. The fraction of sp³-hybridized carbons (Fsp3) is 0.158. The van der Waals surface area contributed by atoms with E-state index in [4.69, 9.17) is 11.6 Å². The van der Waals surface area contributed by atoms with Crippen LogP contribution in [0.25, 0.3) is 0 Å². The number of benzene rings is 2. The molecule has 0 bridgehead atoms. The van der Waals surface area contributed by atoms with Crippen LogP contribution < -0.4 is 10.6 Å². The van der Waals surface area contributed by atoms with Gasteiger partial charge in [-0.25, -0.2) is 4.98 Å². The summed E-state index contributed by atoms with van der Waals surface area (Å²) >= 11 is 7.64. The molecule has 0 aliphatic rings. The Labute approximate surface area is 155 Å². The standard InChI is InChI=1S/C19H18ClN3OS/c1-13-7-8-14(10-17(13)20)9-16-11-22-19(25-16)23-18(24)12-21-15-5-3-2-4-6-15/h2-8,10-11,21H,9,12H2,1H3,(H,22,23,24). The van der Waals surface area contributed by atoms with Crippen LogP contribution in [-0.2, 0) is 11.2 Å². The van der Waals surface area contributed by atoms with Crippen molar-refractivity contribution in [2.24, 2.45) is 0 Å². The minimum absolute atomic E-state index is 0.122. The Hall–Kier alpha value is -2.37. The summed E-state index contributed by atoms with van der Waals surface area (Å²) in [5.41, 5.74) is 3.10. The van der Waals surface area contributed by atoms with Crippen LogP contribution in [-0.4, -0.2) is 17.4 Å². The Morgan fingerprint density at radius 3 is 2.76 bits per heavy atom. The Bertz CT molecular complexity index is 864. The van der Waals surface area contributed by atoms with E-state index in [1.54, 1.807) is 6.20 Å². The number of nitrogens with one attached hydrogen (secondary N) is 2.